The molecule has 0 bridgehead atoms. The van der Waals surface area contributed by atoms with Gasteiger partial charge in [0.2, 0.25) is 0 Å². The summed E-state index contributed by atoms with van der Waals surface area (Å²) in [5.74, 6) is -0.155. The zero-order valence-corrected chi connectivity index (χ0v) is 11.7. The Labute approximate surface area is 119 Å². The number of nitrogens with one attached hydrogen (secondary N) is 1. The molecule has 106 valence electrons. The molecule has 0 radical (unpaired) electrons. The van der Waals surface area contributed by atoms with E-state index in [0.29, 0.717) is 12.6 Å². The standard InChI is InChI=1S/C17H21NO2/c1-2-6-15(14-7-4-3-5-8-14)18-12-13-9-10-16(19)17(20)11-13/h3-5,7-11,15,18-20H,2,6,12H2,1H3. The molecule has 0 spiro atoms. The predicted molar refractivity (Wildman–Crippen MR) is 80.7 cm³/mol. The number of phenols is 2. The van der Waals surface area contributed by atoms with E-state index in [4.69, 9.17) is 0 Å². The van der Waals surface area contributed by atoms with Crippen molar-refractivity contribution in [1.82, 2.24) is 5.32 Å². The molecular formula is C17H21NO2. The Kier molecular flexibility index (Phi) is 5.02. The molecule has 0 aliphatic rings. The number of hydrogen-bond acceptors (Lipinski definition) is 3. The van der Waals surface area contributed by atoms with Gasteiger partial charge < -0.3 is 15.5 Å². The van der Waals surface area contributed by atoms with Gasteiger partial charge in [-0.3, -0.25) is 0 Å². The van der Waals surface area contributed by atoms with E-state index in [0.717, 1.165) is 18.4 Å². The highest BCUT2D eigenvalue weighted by Gasteiger charge is 2.10. The van der Waals surface area contributed by atoms with Gasteiger partial charge in [-0.05, 0) is 29.7 Å². The van der Waals surface area contributed by atoms with Gasteiger partial charge in [0.15, 0.2) is 11.5 Å². The summed E-state index contributed by atoms with van der Waals surface area (Å²) in [6, 6.07) is 15.6. The normalized spacial score (nSPS) is 12.2. The van der Waals surface area contributed by atoms with E-state index < -0.39 is 0 Å². The van der Waals surface area contributed by atoms with Crippen molar-refractivity contribution in [3.8, 4) is 11.5 Å². The maximum atomic E-state index is 9.51. The molecule has 2 aromatic carbocycles. The van der Waals surface area contributed by atoms with Crippen molar-refractivity contribution in [3.05, 3.63) is 59.7 Å². The van der Waals surface area contributed by atoms with Crippen LogP contribution in [0.2, 0.25) is 0 Å². The third-order valence-corrected chi connectivity index (χ3v) is 3.37. The summed E-state index contributed by atoms with van der Waals surface area (Å²) in [6.07, 6.45) is 2.17. The van der Waals surface area contributed by atoms with Crippen molar-refractivity contribution in [2.24, 2.45) is 0 Å². The number of hydrogen-bond donors (Lipinski definition) is 3. The fourth-order valence-corrected chi connectivity index (χ4v) is 2.28. The lowest BCUT2D eigenvalue weighted by molar-refractivity contribution is 0.402. The van der Waals surface area contributed by atoms with Crippen LogP contribution in [0.15, 0.2) is 48.5 Å². The van der Waals surface area contributed by atoms with Crippen LogP contribution in [0.5, 0.6) is 11.5 Å². The van der Waals surface area contributed by atoms with E-state index >= 15 is 0 Å². The van der Waals surface area contributed by atoms with E-state index in [1.54, 1.807) is 6.07 Å². The SMILES string of the molecule is CCCC(NCc1ccc(O)c(O)c1)c1ccccc1. The third kappa shape index (κ3) is 3.75. The maximum Gasteiger partial charge on any atom is 0.157 e. The number of rotatable bonds is 6. The highest BCUT2D eigenvalue weighted by Crippen LogP contribution is 2.25. The maximum absolute atomic E-state index is 9.51. The van der Waals surface area contributed by atoms with Crippen LogP contribution in [-0.4, -0.2) is 10.2 Å². The average Bonchev–Trinajstić information content (AvgIpc) is 2.48. The van der Waals surface area contributed by atoms with Gasteiger partial charge in [0.25, 0.3) is 0 Å². The molecule has 0 aliphatic carbocycles. The molecular weight excluding hydrogens is 250 g/mol. The number of aromatic hydroxyl groups is 2. The average molecular weight is 271 g/mol. The molecule has 0 amide bonds. The van der Waals surface area contributed by atoms with Crippen LogP contribution in [0, 0.1) is 0 Å². The van der Waals surface area contributed by atoms with Gasteiger partial charge in [-0.25, -0.2) is 0 Å². The Hall–Kier alpha value is -2.00. The molecule has 0 saturated carbocycles. The highest BCUT2D eigenvalue weighted by molar-refractivity contribution is 5.40. The van der Waals surface area contributed by atoms with Crippen LogP contribution in [0.4, 0.5) is 0 Å². The van der Waals surface area contributed by atoms with Crippen LogP contribution in [0.1, 0.15) is 36.9 Å². The second-order valence-electron chi connectivity index (χ2n) is 4.96. The van der Waals surface area contributed by atoms with E-state index in [1.165, 1.54) is 11.6 Å². The topological polar surface area (TPSA) is 52.5 Å². The summed E-state index contributed by atoms with van der Waals surface area (Å²) in [4.78, 5) is 0. The van der Waals surface area contributed by atoms with Crippen molar-refractivity contribution in [2.75, 3.05) is 0 Å². The Morgan fingerprint density at radius 3 is 2.40 bits per heavy atom. The second-order valence-corrected chi connectivity index (χ2v) is 4.96. The van der Waals surface area contributed by atoms with Gasteiger partial charge in [-0.15, -0.1) is 0 Å². The van der Waals surface area contributed by atoms with Crippen LogP contribution >= 0.6 is 0 Å². The summed E-state index contributed by atoms with van der Waals surface area (Å²) in [7, 11) is 0. The Morgan fingerprint density at radius 1 is 1.00 bits per heavy atom. The summed E-state index contributed by atoms with van der Waals surface area (Å²) in [6.45, 7) is 2.83. The summed E-state index contributed by atoms with van der Waals surface area (Å²) >= 11 is 0. The zero-order chi connectivity index (χ0) is 14.4. The van der Waals surface area contributed by atoms with E-state index in [9.17, 15) is 10.2 Å². The minimum Gasteiger partial charge on any atom is -0.504 e. The summed E-state index contributed by atoms with van der Waals surface area (Å²) in [5.41, 5.74) is 2.23. The van der Waals surface area contributed by atoms with Crippen molar-refractivity contribution in [3.63, 3.8) is 0 Å². The Balaban J connectivity index is 2.03. The van der Waals surface area contributed by atoms with E-state index in [1.807, 2.05) is 24.3 Å². The van der Waals surface area contributed by atoms with E-state index in [2.05, 4.69) is 24.4 Å². The summed E-state index contributed by atoms with van der Waals surface area (Å²) < 4.78 is 0. The lowest BCUT2D eigenvalue weighted by Crippen LogP contribution is -2.20. The van der Waals surface area contributed by atoms with Gasteiger partial charge in [0, 0.05) is 12.6 Å². The highest BCUT2D eigenvalue weighted by atomic mass is 16.3. The van der Waals surface area contributed by atoms with Crippen molar-refractivity contribution >= 4 is 0 Å². The molecule has 2 aromatic rings. The molecule has 0 fully saturated rings. The van der Waals surface area contributed by atoms with Crippen molar-refractivity contribution in [1.29, 1.82) is 0 Å². The minimum absolute atomic E-state index is 0.0731. The van der Waals surface area contributed by atoms with Gasteiger partial charge >= 0.3 is 0 Å². The van der Waals surface area contributed by atoms with E-state index in [-0.39, 0.29) is 11.5 Å². The first kappa shape index (κ1) is 14.4. The van der Waals surface area contributed by atoms with Crippen LogP contribution in [0.3, 0.4) is 0 Å². The van der Waals surface area contributed by atoms with Gasteiger partial charge in [0.1, 0.15) is 0 Å². The Morgan fingerprint density at radius 2 is 1.75 bits per heavy atom. The van der Waals surface area contributed by atoms with Crippen molar-refractivity contribution in [2.45, 2.75) is 32.4 Å². The molecule has 3 heteroatoms. The van der Waals surface area contributed by atoms with Crippen molar-refractivity contribution < 1.29 is 10.2 Å². The predicted octanol–water partition coefficient (Wildman–Crippen LogP) is 3.73. The first-order valence-corrected chi connectivity index (χ1v) is 7.00. The molecule has 20 heavy (non-hydrogen) atoms. The number of phenolic OH excluding ortho intramolecular Hbond substituents is 2. The monoisotopic (exact) mass is 271 g/mol. The van der Waals surface area contributed by atoms with Gasteiger partial charge in [-0.2, -0.15) is 0 Å². The molecule has 0 saturated heterocycles. The molecule has 1 atom stereocenters. The molecule has 0 heterocycles. The first-order chi connectivity index (χ1) is 9.70. The summed E-state index contributed by atoms with van der Waals surface area (Å²) in [5, 5.41) is 22.3. The second kappa shape index (κ2) is 6.96. The Bertz CT molecular complexity index is 540. The smallest absolute Gasteiger partial charge is 0.157 e. The first-order valence-electron chi connectivity index (χ1n) is 7.00. The van der Waals surface area contributed by atoms with Crippen LogP contribution in [-0.2, 0) is 6.54 Å². The number of benzene rings is 2. The molecule has 0 aliphatic heterocycles. The lowest BCUT2D eigenvalue weighted by atomic mass is 10.0. The third-order valence-electron chi connectivity index (χ3n) is 3.37. The van der Waals surface area contributed by atoms with Gasteiger partial charge in [-0.1, -0.05) is 49.7 Å². The van der Waals surface area contributed by atoms with Gasteiger partial charge in [0.05, 0.1) is 0 Å². The van der Waals surface area contributed by atoms with Crippen LogP contribution in [0.25, 0.3) is 0 Å². The zero-order valence-electron chi connectivity index (χ0n) is 11.7. The fourth-order valence-electron chi connectivity index (χ4n) is 2.28. The minimum atomic E-state index is -0.0816. The quantitative estimate of drug-likeness (QED) is 0.702. The lowest BCUT2D eigenvalue weighted by Gasteiger charge is -2.19. The molecule has 3 nitrogen and oxygen atoms in total. The fraction of sp³-hybridized carbons (Fsp3) is 0.294. The molecule has 2 rings (SSSR count). The molecule has 1 unspecified atom stereocenters. The molecule has 0 aromatic heterocycles. The van der Waals surface area contributed by atoms with Crippen LogP contribution < -0.4 is 5.32 Å². The molecule has 3 N–H and O–H groups in total. The largest absolute Gasteiger partial charge is 0.504 e.